The molecule has 0 aromatic heterocycles. The summed E-state index contributed by atoms with van der Waals surface area (Å²) in [6.45, 7) is 0. The Hall–Kier alpha value is 0.727. The molecular weight excluding hydrogens is 107 g/mol. The third-order valence-electron chi connectivity index (χ3n) is 0.209. The van der Waals surface area contributed by atoms with Gasteiger partial charge >= 0.3 is 18.9 Å². The van der Waals surface area contributed by atoms with Gasteiger partial charge in [-0.2, -0.15) is 4.28 Å². The average molecular weight is 109 g/mol. The van der Waals surface area contributed by atoms with E-state index in [1.165, 1.54) is 4.89 Å². The molecule has 0 aromatic carbocycles. The Morgan fingerprint density at radius 3 is 1.83 bits per heavy atom. The van der Waals surface area contributed by atoms with Crippen LogP contribution in [0.1, 0.15) is 1.43 Å². The molecule has 1 N–H and O–H groups in total. The molecule has 6 heteroatoms. The Kier molecular flexibility index (Phi) is 1.88. The zero-order valence-corrected chi connectivity index (χ0v) is 3.89. The SMILES string of the molecule is FS1(F)NO1.[H-].[Li+]. The molecule has 1 heterocycles. The third-order valence-corrected chi connectivity index (χ3v) is 0.628. The van der Waals surface area contributed by atoms with Crippen molar-refractivity contribution in [3.05, 3.63) is 0 Å². The fourth-order valence-electron chi connectivity index (χ4n) is 0.0257. The maximum Gasteiger partial charge on any atom is 1.00 e. The Bertz CT molecular complexity index is 55.7. The van der Waals surface area contributed by atoms with Crippen LogP contribution in [0.15, 0.2) is 0 Å². The molecule has 0 unspecified atom stereocenters. The molecular formula is H2F2LiNOS. The molecule has 0 aliphatic carbocycles. The van der Waals surface area contributed by atoms with E-state index in [-0.39, 0.29) is 20.3 Å². The van der Waals surface area contributed by atoms with Crippen LogP contribution >= 0.6 is 11.3 Å². The molecule has 0 aromatic rings. The monoisotopic (exact) mass is 109 g/mol. The predicted octanol–water partition coefficient (Wildman–Crippen LogP) is -1.96. The summed E-state index contributed by atoms with van der Waals surface area (Å²) >= 11 is -3.67. The van der Waals surface area contributed by atoms with Crippen LogP contribution in [0.4, 0.5) is 7.77 Å². The topological polar surface area (TPSA) is 34.5 Å². The van der Waals surface area contributed by atoms with Crippen molar-refractivity contribution in [2.24, 2.45) is 0 Å². The van der Waals surface area contributed by atoms with Gasteiger partial charge in [0.1, 0.15) is 0 Å². The molecule has 0 atom stereocenters. The molecule has 6 heavy (non-hydrogen) atoms. The van der Waals surface area contributed by atoms with E-state index in [2.05, 4.69) is 4.28 Å². The van der Waals surface area contributed by atoms with Gasteiger partial charge in [0, 0.05) is 0 Å². The molecule has 2 nitrogen and oxygen atoms in total. The molecule has 0 radical (unpaired) electrons. The van der Waals surface area contributed by atoms with Crippen LogP contribution in [-0.4, -0.2) is 0 Å². The summed E-state index contributed by atoms with van der Waals surface area (Å²) in [6, 6.07) is 0. The van der Waals surface area contributed by atoms with E-state index < -0.39 is 11.3 Å². The minimum Gasteiger partial charge on any atom is -1.00 e. The van der Waals surface area contributed by atoms with E-state index in [0.29, 0.717) is 0 Å². The van der Waals surface area contributed by atoms with Gasteiger partial charge in [0.2, 0.25) is 0 Å². The van der Waals surface area contributed by atoms with Crippen LogP contribution in [0.3, 0.4) is 0 Å². The predicted molar refractivity (Wildman–Crippen MR) is 15.1 cm³/mol. The van der Waals surface area contributed by atoms with Crippen LogP contribution in [0.5, 0.6) is 0 Å². The number of rotatable bonds is 0. The van der Waals surface area contributed by atoms with E-state index in [4.69, 9.17) is 0 Å². The standard InChI is InChI=1S/F2HNOS.Li.H/c1-5(2)3-4-5;;/h3H;;/q;+1;-1. The maximum absolute atomic E-state index is 10.9. The zero-order chi connectivity index (χ0) is 3.91. The minimum absolute atomic E-state index is 0. The number of halogens is 2. The van der Waals surface area contributed by atoms with Crippen LogP contribution in [0, 0.1) is 0 Å². The summed E-state index contributed by atoms with van der Waals surface area (Å²) in [5.41, 5.74) is 0. The maximum atomic E-state index is 10.9. The first-order valence-electron chi connectivity index (χ1n) is 0.884. The second-order valence-electron chi connectivity index (χ2n) is 0.589. The van der Waals surface area contributed by atoms with Crippen molar-refractivity contribution >= 4 is 11.3 Å². The van der Waals surface area contributed by atoms with Crippen molar-refractivity contribution in [1.29, 1.82) is 0 Å². The van der Waals surface area contributed by atoms with Gasteiger partial charge < -0.3 is 1.43 Å². The number of nitrogens with one attached hydrogen (secondary N) is 1. The first-order chi connectivity index (χ1) is 2.21. The number of hydrogen-bond donors (Lipinski definition) is 1. The minimum atomic E-state index is -3.67. The summed E-state index contributed by atoms with van der Waals surface area (Å²) < 4.78 is 25.2. The van der Waals surface area contributed by atoms with Crippen molar-refractivity contribution in [1.82, 2.24) is 4.89 Å². The van der Waals surface area contributed by atoms with Crippen LogP contribution in [-0.2, 0) is 4.28 Å². The summed E-state index contributed by atoms with van der Waals surface area (Å²) in [5.74, 6) is 0. The van der Waals surface area contributed by atoms with Gasteiger partial charge in [-0.05, 0) is 0 Å². The zero-order valence-electron chi connectivity index (χ0n) is 4.07. The quantitative estimate of drug-likeness (QED) is 0.289. The van der Waals surface area contributed by atoms with Crippen molar-refractivity contribution in [3.63, 3.8) is 0 Å². The second-order valence-corrected chi connectivity index (χ2v) is 1.77. The molecule has 0 amide bonds. The molecule has 1 fully saturated rings. The summed E-state index contributed by atoms with van der Waals surface area (Å²) in [5, 5.41) is 0. The fourth-order valence-corrected chi connectivity index (χ4v) is 0.231. The number of hydrogen-bond acceptors (Lipinski definition) is 2. The third kappa shape index (κ3) is 2.00. The van der Waals surface area contributed by atoms with Gasteiger partial charge in [-0.3, -0.25) is 0 Å². The van der Waals surface area contributed by atoms with Crippen LogP contribution < -0.4 is 23.7 Å². The van der Waals surface area contributed by atoms with Crippen molar-refractivity contribution in [2.75, 3.05) is 0 Å². The van der Waals surface area contributed by atoms with E-state index in [0.717, 1.165) is 0 Å². The second kappa shape index (κ2) is 1.68. The van der Waals surface area contributed by atoms with Crippen molar-refractivity contribution in [3.8, 4) is 0 Å². The normalized spacial score (nSPS) is 30.3. The Morgan fingerprint density at radius 2 is 1.83 bits per heavy atom. The molecule has 1 aliphatic rings. The first-order valence-corrected chi connectivity index (χ1v) is 2.24. The summed E-state index contributed by atoms with van der Waals surface area (Å²) in [4.78, 5) is 1.42. The Balaban J connectivity index is 0. The fraction of sp³-hybridized carbons (Fsp3) is 0. The Morgan fingerprint density at radius 1 is 1.67 bits per heavy atom. The van der Waals surface area contributed by atoms with Gasteiger partial charge in [0.15, 0.2) is 0 Å². The summed E-state index contributed by atoms with van der Waals surface area (Å²) in [6.07, 6.45) is 0. The summed E-state index contributed by atoms with van der Waals surface area (Å²) in [7, 11) is 0. The van der Waals surface area contributed by atoms with E-state index in [9.17, 15) is 7.77 Å². The van der Waals surface area contributed by atoms with E-state index in [1.807, 2.05) is 0 Å². The van der Waals surface area contributed by atoms with Crippen LogP contribution in [0.25, 0.3) is 0 Å². The van der Waals surface area contributed by atoms with Gasteiger partial charge in [0.05, 0.1) is 0 Å². The Labute approximate surface area is 49.1 Å². The van der Waals surface area contributed by atoms with Crippen molar-refractivity contribution in [2.45, 2.75) is 0 Å². The molecule has 1 saturated heterocycles. The van der Waals surface area contributed by atoms with Crippen LogP contribution in [0.2, 0.25) is 0 Å². The largest absolute Gasteiger partial charge is 1.00 e. The smallest absolute Gasteiger partial charge is 1.00 e. The molecule has 1 aliphatic heterocycles. The average Bonchev–Trinajstić information content (AvgIpc) is 1.76. The molecule has 0 spiro atoms. The van der Waals surface area contributed by atoms with Gasteiger partial charge in [-0.25, -0.2) is 0 Å². The van der Waals surface area contributed by atoms with E-state index in [1.54, 1.807) is 0 Å². The van der Waals surface area contributed by atoms with Gasteiger partial charge in [-0.15, -0.1) is 7.77 Å². The molecule has 1 rings (SSSR count). The van der Waals surface area contributed by atoms with Gasteiger partial charge in [0.25, 0.3) is 11.3 Å². The van der Waals surface area contributed by atoms with Gasteiger partial charge in [-0.1, -0.05) is 4.89 Å². The van der Waals surface area contributed by atoms with Crippen molar-refractivity contribution < 1.29 is 32.3 Å². The molecule has 0 bridgehead atoms. The molecule has 34 valence electrons. The first kappa shape index (κ1) is 6.73. The van der Waals surface area contributed by atoms with E-state index >= 15 is 0 Å². The molecule has 0 saturated carbocycles.